The van der Waals surface area contributed by atoms with E-state index in [-0.39, 0.29) is 28.8 Å². The van der Waals surface area contributed by atoms with Crippen LogP contribution in [0.5, 0.6) is 0 Å². The van der Waals surface area contributed by atoms with Gasteiger partial charge in [-0.1, -0.05) is 31.6 Å². The predicted octanol–water partition coefficient (Wildman–Crippen LogP) is 5.62. The van der Waals surface area contributed by atoms with E-state index < -0.39 is 38.4 Å². The molecule has 5 fully saturated rings. The first-order valence-electron chi connectivity index (χ1n) is 12.5. The van der Waals surface area contributed by atoms with Crippen molar-refractivity contribution in [2.45, 2.75) is 48.7 Å². The van der Waals surface area contributed by atoms with Crippen molar-refractivity contribution in [3.8, 4) is 0 Å². The Balaban J connectivity index is 1.30. The minimum Gasteiger partial charge on any atom is -0.381 e. The maximum Gasteiger partial charge on any atom is 0.313 e. The Morgan fingerprint density at radius 2 is 1.74 bits per heavy atom. The molecular formula is C25H28F6N4O2S. The zero-order valence-electron chi connectivity index (χ0n) is 20.7. The fraction of sp³-hybridized carbons (Fsp3) is 0.520. The molecule has 4 atom stereocenters. The lowest BCUT2D eigenvalue weighted by atomic mass is 9.49. The molecule has 7 rings (SSSR count). The second-order valence-electron chi connectivity index (χ2n) is 11.6. The number of hydrogen-bond donors (Lipinski definition) is 2. The topological polar surface area (TPSA) is 66.4 Å². The zero-order chi connectivity index (χ0) is 27.5. The van der Waals surface area contributed by atoms with Crippen LogP contribution in [-0.2, 0) is 5.54 Å². The van der Waals surface area contributed by atoms with Crippen LogP contribution in [-0.4, -0.2) is 41.6 Å². The number of nitrogens with zero attached hydrogens (tertiary/aromatic N) is 2. The lowest BCUT2D eigenvalue weighted by molar-refractivity contribution is -0.0914. The van der Waals surface area contributed by atoms with Crippen molar-refractivity contribution in [1.82, 2.24) is 14.8 Å². The highest BCUT2D eigenvalue weighted by molar-refractivity contribution is 8.45. The van der Waals surface area contributed by atoms with Gasteiger partial charge < -0.3 is 20.1 Å². The molecule has 2 heterocycles. The fourth-order valence-electron chi connectivity index (χ4n) is 6.57. The fourth-order valence-corrected chi connectivity index (χ4v) is 7.37. The molecule has 6 nitrogen and oxygen atoms in total. The van der Waals surface area contributed by atoms with Gasteiger partial charge in [-0.05, 0) is 57.1 Å². The van der Waals surface area contributed by atoms with Crippen molar-refractivity contribution in [3.05, 3.63) is 57.8 Å². The van der Waals surface area contributed by atoms with Gasteiger partial charge in [-0.25, -0.2) is 4.39 Å². The van der Waals surface area contributed by atoms with Gasteiger partial charge in [-0.2, -0.15) is 0 Å². The van der Waals surface area contributed by atoms with E-state index in [0.717, 1.165) is 38.4 Å². The highest BCUT2D eigenvalue weighted by Gasteiger charge is 2.67. The molecule has 1 unspecified atom stereocenters. The van der Waals surface area contributed by atoms with Crippen LogP contribution in [0, 0.1) is 23.6 Å². The Morgan fingerprint density at radius 3 is 2.29 bits per heavy atom. The molecule has 1 aromatic heterocycles. The van der Waals surface area contributed by atoms with Gasteiger partial charge in [0.2, 0.25) is 0 Å². The number of amides is 1. The summed E-state index contributed by atoms with van der Waals surface area (Å²) in [5.74, 6) is -1.56. The molecule has 2 N–H and O–H groups in total. The maximum absolute atomic E-state index is 14.7. The highest BCUT2D eigenvalue weighted by atomic mass is 32.5. The number of pyridine rings is 1. The summed E-state index contributed by atoms with van der Waals surface area (Å²) in [6, 6.07) is 1.70. The summed E-state index contributed by atoms with van der Waals surface area (Å²) in [4.78, 5) is 26.0. The maximum atomic E-state index is 14.7. The van der Waals surface area contributed by atoms with Gasteiger partial charge in [0.15, 0.2) is 5.82 Å². The first kappa shape index (κ1) is 25.6. The first-order chi connectivity index (χ1) is 17.5. The molecule has 1 aromatic carbocycles. The van der Waals surface area contributed by atoms with Crippen molar-refractivity contribution >= 4 is 21.8 Å². The third kappa shape index (κ3) is 4.09. The second kappa shape index (κ2) is 7.29. The number of fused-ring (bicyclic) bond motifs is 1. The minimum atomic E-state index is -10.3. The number of hydrogen-bond acceptors (Lipinski definition) is 4. The summed E-state index contributed by atoms with van der Waals surface area (Å²) >= 11 is 0. The van der Waals surface area contributed by atoms with Crippen molar-refractivity contribution in [2.75, 3.05) is 25.5 Å². The van der Waals surface area contributed by atoms with E-state index in [4.69, 9.17) is 0 Å². The molecule has 2 aromatic rings. The van der Waals surface area contributed by atoms with Gasteiger partial charge in [0.25, 0.3) is 11.5 Å². The van der Waals surface area contributed by atoms with Crippen LogP contribution in [0.3, 0.4) is 0 Å². The summed E-state index contributed by atoms with van der Waals surface area (Å²) < 4.78 is 83.0. The Morgan fingerprint density at radius 1 is 1.11 bits per heavy atom. The van der Waals surface area contributed by atoms with E-state index in [1.54, 1.807) is 4.57 Å². The molecule has 38 heavy (non-hydrogen) atoms. The lowest BCUT2D eigenvalue weighted by Crippen LogP contribution is -2.62. The van der Waals surface area contributed by atoms with Crippen LogP contribution in [0.15, 0.2) is 40.2 Å². The number of carbonyl (C=O) groups excluding carboxylic acids is 1. The molecule has 4 aliphatic carbocycles. The van der Waals surface area contributed by atoms with Crippen molar-refractivity contribution in [3.63, 3.8) is 0 Å². The number of halogens is 6. The van der Waals surface area contributed by atoms with Gasteiger partial charge in [-0.3, -0.25) is 9.59 Å². The van der Waals surface area contributed by atoms with Gasteiger partial charge in [0, 0.05) is 42.5 Å². The molecule has 1 aliphatic heterocycles. The van der Waals surface area contributed by atoms with Crippen molar-refractivity contribution in [2.24, 2.45) is 17.8 Å². The van der Waals surface area contributed by atoms with E-state index >= 15 is 0 Å². The third-order valence-corrected chi connectivity index (χ3v) is 9.88. The number of benzene rings is 1. The average Bonchev–Trinajstić information content (AvgIpc) is 3.16. The average molecular weight is 563 g/mol. The zero-order valence-corrected chi connectivity index (χ0v) is 21.5. The molecule has 1 amide bonds. The summed E-state index contributed by atoms with van der Waals surface area (Å²) in [6.45, 7) is 2.98. The molecule has 2 bridgehead atoms. The molecular weight excluding hydrogens is 534 g/mol. The van der Waals surface area contributed by atoms with Gasteiger partial charge in [-0.15, -0.1) is 0 Å². The normalized spacial score (nSPS) is 32.2. The van der Waals surface area contributed by atoms with E-state index in [9.17, 15) is 33.4 Å². The summed E-state index contributed by atoms with van der Waals surface area (Å²) in [6.07, 6.45) is 3.97. The van der Waals surface area contributed by atoms with Crippen LogP contribution in [0.25, 0.3) is 0 Å². The number of aromatic nitrogens is 1. The molecule has 5 aliphatic rings. The molecule has 208 valence electrons. The summed E-state index contributed by atoms with van der Waals surface area (Å²) in [5.41, 5.74) is -0.907. The van der Waals surface area contributed by atoms with Crippen LogP contribution < -0.4 is 16.2 Å². The third-order valence-electron chi connectivity index (χ3n) is 8.74. The Labute approximate surface area is 215 Å². The number of anilines is 1. The number of piperidine rings is 1. The molecule has 0 spiro atoms. The molecule has 4 saturated carbocycles. The van der Waals surface area contributed by atoms with Gasteiger partial charge in [0.05, 0.1) is 17.3 Å². The lowest BCUT2D eigenvalue weighted by Gasteiger charge is -2.62. The molecule has 13 heteroatoms. The van der Waals surface area contributed by atoms with Crippen LogP contribution in [0.1, 0.15) is 48.1 Å². The Hall–Kier alpha value is -2.67. The van der Waals surface area contributed by atoms with E-state index in [0.29, 0.717) is 29.5 Å². The number of carbonyl (C=O) groups is 1. The van der Waals surface area contributed by atoms with E-state index in [1.165, 1.54) is 19.2 Å². The number of nitrogens with one attached hydrogen (secondary N) is 2. The smallest absolute Gasteiger partial charge is 0.313 e. The van der Waals surface area contributed by atoms with Crippen molar-refractivity contribution in [1.29, 1.82) is 0 Å². The van der Waals surface area contributed by atoms with Crippen LogP contribution in [0.4, 0.5) is 29.5 Å². The van der Waals surface area contributed by atoms with Crippen LogP contribution in [0.2, 0.25) is 0 Å². The molecule has 1 saturated heterocycles. The van der Waals surface area contributed by atoms with E-state index in [2.05, 4.69) is 15.5 Å². The predicted molar refractivity (Wildman–Crippen MR) is 132 cm³/mol. The van der Waals surface area contributed by atoms with Crippen LogP contribution >= 0.6 is 10.2 Å². The summed E-state index contributed by atoms with van der Waals surface area (Å²) in [5, 5.41) is 5.76. The van der Waals surface area contributed by atoms with Gasteiger partial charge >= 0.3 is 10.2 Å². The largest absolute Gasteiger partial charge is 0.381 e. The number of likely N-dealkylation sites (tertiary alicyclic amines) is 1. The second-order valence-corrected chi connectivity index (χ2v) is 13.9. The van der Waals surface area contributed by atoms with E-state index in [1.807, 2.05) is 7.05 Å². The number of rotatable bonds is 7. The Bertz CT molecular complexity index is 1400. The standard InChI is InChI=1S/C25H28F6N4O2S/c1-13(15-4-3-5-20(22(15)26)38(27,28,29,30)31)32-24(37)18-12-35(25-7-14(8-25)9-25)21(36)6-19(18)33-23-16-10-34(2)11-17(16)23/h3-6,12-14,16-17,23,33H,7-11H2,1-2H3,(H,32,37)/t13-,14?,16-,17+,23?,25?/m1/s1. The van der Waals surface area contributed by atoms with Gasteiger partial charge in [0.1, 0.15) is 4.90 Å². The quantitative estimate of drug-likeness (QED) is 0.431. The first-order valence-corrected chi connectivity index (χ1v) is 14.5. The highest BCUT2D eigenvalue weighted by Crippen LogP contribution is 3.02. The minimum absolute atomic E-state index is 0.000582. The molecule has 0 radical (unpaired) electrons. The van der Waals surface area contributed by atoms with Crippen molar-refractivity contribution < 1.29 is 28.6 Å². The Kier molecular flexibility index (Phi) is 4.91. The summed E-state index contributed by atoms with van der Waals surface area (Å²) in [7, 11) is -8.27. The monoisotopic (exact) mass is 562 g/mol. The SMILES string of the molecule is C[C@@H](NC(=O)c1cn(C23CC(C2)C3)c(=O)cc1NC1[C@H]2CN(C)C[C@@H]12)c1cccc(S(F)(F)(F)(F)F)c1F.